The Kier molecular flexibility index (Phi) is 3.57. The van der Waals surface area contributed by atoms with Gasteiger partial charge >= 0.3 is 0 Å². The molecule has 18 heavy (non-hydrogen) atoms. The molecule has 1 heterocycles. The van der Waals surface area contributed by atoms with Crippen molar-refractivity contribution in [3.05, 3.63) is 52.3 Å². The van der Waals surface area contributed by atoms with Crippen molar-refractivity contribution in [1.29, 1.82) is 10.5 Å². The second-order valence-corrected chi connectivity index (χ2v) is 4.38. The third-order valence-electron chi connectivity index (χ3n) is 2.31. The molecule has 1 aromatic heterocycles. The van der Waals surface area contributed by atoms with Crippen LogP contribution in [0.2, 0.25) is 0 Å². The summed E-state index contributed by atoms with van der Waals surface area (Å²) in [7, 11) is 0. The molecule has 5 heteroatoms. The molecule has 0 bridgehead atoms. The Morgan fingerprint density at radius 1 is 1.06 bits per heavy atom. The third-order valence-corrected chi connectivity index (χ3v) is 2.81. The minimum absolute atomic E-state index is 0.483. The summed E-state index contributed by atoms with van der Waals surface area (Å²) in [5.74, 6) is 0. The second kappa shape index (κ2) is 5.31. The van der Waals surface area contributed by atoms with Gasteiger partial charge in [0, 0.05) is 10.7 Å². The minimum atomic E-state index is 0.483. The van der Waals surface area contributed by atoms with Crippen LogP contribution in [0.1, 0.15) is 11.1 Å². The number of nitrogens with zero attached hydrogens (tertiary/aromatic N) is 3. The Balaban J connectivity index is 2.41. The first-order valence-electron chi connectivity index (χ1n) is 5.05. The number of benzene rings is 1. The van der Waals surface area contributed by atoms with Crippen LogP contribution in [-0.2, 0) is 0 Å². The van der Waals surface area contributed by atoms with Crippen LogP contribution in [0.4, 0.5) is 11.4 Å². The lowest BCUT2D eigenvalue weighted by Gasteiger charge is -2.09. The standard InChI is InChI=1S/C13H7BrN4/c14-11-1-2-12(10(5-11)7-16)18-13-8-17-4-3-9(13)6-15/h1-5,8,18H. The molecule has 0 unspecified atom stereocenters. The Hall–Kier alpha value is -2.37. The molecule has 0 saturated carbocycles. The van der Waals surface area contributed by atoms with Crippen molar-refractivity contribution in [3.8, 4) is 12.1 Å². The zero-order chi connectivity index (χ0) is 13.0. The summed E-state index contributed by atoms with van der Waals surface area (Å²) < 4.78 is 0.830. The van der Waals surface area contributed by atoms with Crippen LogP contribution >= 0.6 is 15.9 Å². The highest BCUT2D eigenvalue weighted by atomic mass is 79.9. The molecule has 0 aliphatic heterocycles. The van der Waals surface area contributed by atoms with E-state index in [0.717, 1.165) is 4.47 Å². The van der Waals surface area contributed by atoms with E-state index >= 15 is 0 Å². The zero-order valence-corrected chi connectivity index (χ0v) is 10.8. The molecule has 2 aromatic rings. The summed E-state index contributed by atoms with van der Waals surface area (Å²) in [4.78, 5) is 3.96. The van der Waals surface area contributed by atoms with E-state index in [0.29, 0.717) is 22.5 Å². The fourth-order valence-electron chi connectivity index (χ4n) is 1.45. The molecular weight excluding hydrogens is 292 g/mol. The molecule has 86 valence electrons. The van der Waals surface area contributed by atoms with Crippen LogP contribution < -0.4 is 5.32 Å². The summed E-state index contributed by atoms with van der Waals surface area (Å²) in [6, 6.07) is 11.1. The van der Waals surface area contributed by atoms with Crippen LogP contribution in [-0.4, -0.2) is 4.98 Å². The first-order valence-corrected chi connectivity index (χ1v) is 5.84. The predicted molar refractivity (Wildman–Crippen MR) is 71.1 cm³/mol. The van der Waals surface area contributed by atoms with Gasteiger partial charge in [0.1, 0.15) is 12.1 Å². The molecule has 4 nitrogen and oxygen atoms in total. The van der Waals surface area contributed by atoms with Gasteiger partial charge in [0.15, 0.2) is 0 Å². The number of nitrogens with one attached hydrogen (secondary N) is 1. The molecule has 2 rings (SSSR count). The lowest BCUT2D eigenvalue weighted by atomic mass is 10.1. The molecule has 1 aromatic carbocycles. The normalized spacial score (nSPS) is 9.28. The Bertz CT molecular complexity index is 667. The average Bonchev–Trinajstić information content (AvgIpc) is 2.41. The van der Waals surface area contributed by atoms with Crippen LogP contribution in [0.5, 0.6) is 0 Å². The largest absolute Gasteiger partial charge is 0.352 e. The highest BCUT2D eigenvalue weighted by Crippen LogP contribution is 2.25. The Morgan fingerprint density at radius 2 is 1.83 bits per heavy atom. The average molecular weight is 299 g/mol. The van der Waals surface area contributed by atoms with E-state index in [4.69, 9.17) is 10.5 Å². The quantitative estimate of drug-likeness (QED) is 0.923. The van der Waals surface area contributed by atoms with Crippen LogP contribution in [0.25, 0.3) is 0 Å². The van der Waals surface area contributed by atoms with Gasteiger partial charge < -0.3 is 5.32 Å². The summed E-state index contributed by atoms with van der Waals surface area (Å²) in [5, 5.41) is 21.1. The number of nitriles is 2. The SMILES string of the molecule is N#Cc1cc(Br)ccc1Nc1cnccc1C#N. The molecule has 0 spiro atoms. The van der Waals surface area contributed by atoms with Gasteiger partial charge in [-0.05, 0) is 24.3 Å². The number of anilines is 2. The van der Waals surface area contributed by atoms with E-state index in [2.05, 4.69) is 38.4 Å². The number of halogens is 1. The van der Waals surface area contributed by atoms with E-state index in [1.807, 2.05) is 6.07 Å². The van der Waals surface area contributed by atoms with E-state index in [1.54, 1.807) is 30.6 Å². The van der Waals surface area contributed by atoms with Gasteiger partial charge in [-0.3, -0.25) is 4.98 Å². The highest BCUT2D eigenvalue weighted by molar-refractivity contribution is 9.10. The van der Waals surface area contributed by atoms with E-state index < -0.39 is 0 Å². The maximum atomic E-state index is 9.06. The molecule has 0 fully saturated rings. The minimum Gasteiger partial charge on any atom is -0.352 e. The van der Waals surface area contributed by atoms with Crippen molar-refractivity contribution in [2.24, 2.45) is 0 Å². The molecule has 1 N–H and O–H groups in total. The monoisotopic (exact) mass is 298 g/mol. The van der Waals surface area contributed by atoms with Gasteiger partial charge in [-0.15, -0.1) is 0 Å². The van der Waals surface area contributed by atoms with Gasteiger partial charge in [0.25, 0.3) is 0 Å². The number of hydrogen-bond acceptors (Lipinski definition) is 4. The van der Waals surface area contributed by atoms with Gasteiger partial charge in [0.05, 0.1) is 28.7 Å². The van der Waals surface area contributed by atoms with Gasteiger partial charge in [-0.25, -0.2) is 0 Å². The molecule has 0 amide bonds. The Morgan fingerprint density at radius 3 is 2.56 bits per heavy atom. The van der Waals surface area contributed by atoms with Crippen LogP contribution in [0.3, 0.4) is 0 Å². The fourth-order valence-corrected chi connectivity index (χ4v) is 1.82. The van der Waals surface area contributed by atoms with Crippen LogP contribution in [0.15, 0.2) is 41.1 Å². The van der Waals surface area contributed by atoms with Crippen LogP contribution in [0, 0.1) is 22.7 Å². The molecule has 0 saturated heterocycles. The lowest BCUT2D eigenvalue weighted by Crippen LogP contribution is -1.96. The summed E-state index contributed by atoms with van der Waals surface area (Å²) in [5.41, 5.74) is 2.21. The van der Waals surface area contributed by atoms with Gasteiger partial charge in [-0.1, -0.05) is 15.9 Å². The topological polar surface area (TPSA) is 72.5 Å². The van der Waals surface area contributed by atoms with Crippen molar-refractivity contribution < 1.29 is 0 Å². The summed E-state index contributed by atoms with van der Waals surface area (Å²) in [6.07, 6.45) is 3.11. The first-order chi connectivity index (χ1) is 8.74. The molecule has 0 radical (unpaired) electrons. The van der Waals surface area contributed by atoms with Crippen molar-refractivity contribution in [1.82, 2.24) is 4.98 Å². The molecular formula is C13H7BrN4. The van der Waals surface area contributed by atoms with Gasteiger partial charge in [0.2, 0.25) is 0 Å². The molecule has 0 aliphatic carbocycles. The highest BCUT2D eigenvalue weighted by Gasteiger charge is 2.06. The third kappa shape index (κ3) is 2.48. The van der Waals surface area contributed by atoms with E-state index in [1.165, 1.54) is 0 Å². The lowest BCUT2D eigenvalue weighted by molar-refractivity contribution is 1.30. The number of rotatable bonds is 2. The maximum Gasteiger partial charge on any atom is 0.101 e. The summed E-state index contributed by atoms with van der Waals surface area (Å²) >= 11 is 3.31. The van der Waals surface area contributed by atoms with Crippen molar-refractivity contribution in [3.63, 3.8) is 0 Å². The smallest absolute Gasteiger partial charge is 0.101 e. The van der Waals surface area contributed by atoms with Crippen molar-refractivity contribution >= 4 is 27.3 Å². The van der Waals surface area contributed by atoms with E-state index in [9.17, 15) is 0 Å². The predicted octanol–water partition coefficient (Wildman–Crippen LogP) is 3.33. The van der Waals surface area contributed by atoms with Crippen molar-refractivity contribution in [2.75, 3.05) is 5.32 Å². The summed E-state index contributed by atoms with van der Waals surface area (Å²) in [6.45, 7) is 0. The molecule has 0 atom stereocenters. The number of pyridine rings is 1. The number of hydrogen-bond donors (Lipinski definition) is 1. The van der Waals surface area contributed by atoms with E-state index in [-0.39, 0.29) is 0 Å². The Labute approximate surface area is 113 Å². The maximum absolute atomic E-state index is 9.06. The fraction of sp³-hybridized carbons (Fsp3) is 0. The second-order valence-electron chi connectivity index (χ2n) is 3.46. The first kappa shape index (κ1) is 12.1. The molecule has 0 aliphatic rings. The van der Waals surface area contributed by atoms with Crippen molar-refractivity contribution in [2.45, 2.75) is 0 Å². The zero-order valence-electron chi connectivity index (χ0n) is 9.18. The van der Waals surface area contributed by atoms with Gasteiger partial charge in [-0.2, -0.15) is 10.5 Å². The number of aromatic nitrogens is 1.